The minimum absolute atomic E-state index is 0.401. The minimum atomic E-state index is 0.401. The number of nitrogen functional groups attached to an aromatic ring is 1. The first-order valence-corrected chi connectivity index (χ1v) is 10.5. The quantitative estimate of drug-likeness (QED) is 0.475. The van der Waals surface area contributed by atoms with Crippen molar-refractivity contribution < 1.29 is 4.74 Å². The highest BCUT2D eigenvalue weighted by molar-refractivity contribution is 6.35. The average molecular weight is 436 g/mol. The summed E-state index contributed by atoms with van der Waals surface area (Å²) in [4.78, 5) is 17.2. The maximum absolute atomic E-state index is 6.26. The smallest absolute Gasteiger partial charge is 0.316 e. The van der Waals surface area contributed by atoms with Crippen LogP contribution in [0.25, 0.3) is 10.8 Å². The van der Waals surface area contributed by atoms with Crippen molar-refractivity contribution in [3.05, 3.63) is 65.6 Å². The number of halogens is 1. The van der Waals surface area contributed by atoms with Crippen LogP contribution in [0.5, 0.6) is 6.01 Å². The Labute approximate surface area is 184 Å². The molecule has 1 atom stereocenters. The van der Waals surface area contributed by atoms with Gasteiger partial charge in [0.05, 0.1) is 11.6 Å². The number of hydrogen-bond acceptors (Lipinski definition) is 7. The fourth-order valence-corrected chi connectivity index (χ4v) is 4.01. The molecular formula is C22H22ClN7O. The zero-order chi connectivity index (χ0) is 21.2. The largest absolute Gasteiger partial charge is 0.463 e. The lowest BCUT2D eigenvalue weighted by atomic mass is 9.99. The van der Waals surface area contributed by atoms with E-state index in [0.29, 0.717) is 35.9 Å². The summed E-state index contributed by atoms with van der Waals surface area (Å²) in [6, 6.07) is 6.23. The SMILES string of the molecule is Nc1ncc(Cl)c2cc(NCc3cnc(OCC4CCn5ccnc5C4)nc3)ccc12. The number of aromatic nitrogens is 5. The summed E-state index contributed by atoms with van der Waals surface area (Å²) < 4.78 is 8.01. The number of pyridine rings is 1. The maximum atomic E-state index is 6.26. The number of imidazole rings is 1. The maximum Gasteiger partial charge on any atom is 0.316 e. The summed E-state index contributed by atoms with van der Waals surface area (Å²) in [5.41, 5.74) is 7.80. The molecule has 0 fully saturated rings. The summed E-state index contributed by atoms with van der Waals surface area (Å²) in [6.07, 6.45) is 11.0. The van der Waals surface area contributed by atoms with E-state index >= 15 is 0 Å². The first-order valence-electron chi connectivity index (χ1n) is 10.2. The Kier molecular flexibility index (Phi) is 5.30. The van der Waals surface area contributed by atoms with E-state index < -0.39 is 0 Å². The molecule has 158 valence electrons. The molecular weight excluding hydrogens is 414 g/mol. The number of ether oxygens (including phenoxy) is 1. The van der Waals surface area contributed by atoms with E-state index in [0.717, 1.165) is 47.2 Å². The van der Waals surface area contributed by atoms with Crippen LogP contribution in [0.2, 0.25) is 5.02 Å². The molecule has 9 heteroatoms. The summed E-state index contributed by atoms with van der Waals surface area (Å²) in [7, 11) is 0. The predicted molar refractivity (Wildman–Crippen MR) is 120 cm³/mol. The molecule has 0 bridgehead atoms. The number of fused-ring (bicyclic) bond motifs is 2. The number of benzene rings is 1. The first kappa shape index (κ1) is 19.6. The van der Waals surface area contributed by atoms with Crippen LogP contribution in [-0.4, -0.2) is 31.1 Å². The third-order valence-electron chi connectivity index (χ3n) is 5.55. The Morgan fingerprint density at radius 3 is 2.87 bits per heavy atom. The number of nitrogens with zero attached hydrogens (tertiary/aromatic N) is 5. The molecule has 3 aromatic heterocycles. The van der Waals surface area contributed by atoms with E-state index in [1.807, 2.05) is 30.6 Å². The molecule has 31 heavy (non-hydrogen) atoms. The van der Waals surface area contributed by atoms with Gasteiger partial charge in [-0.3, -0.25) is 0 Å². The van der Waals surface area contributed by atoms with Gasteiger partial charge in [-0.2, -0.15) is 0 Å². The fraction of sp³-hybridized carbons (Fsp3) is 0.273. The lowest BCUT2D eigenvalue weighted by Gasteiger charge is -2.22. The molecule has 8 nitrogen and oxygen atoms in total. The van der Waals surface area contributed by atoms with Gasteiger partial charge in [-0.15, -0.1) is 0 Å². The van der Waals surface area contributed by atoms with Crippen molar-refractivity contribution in [1.82, 2.24) is 24.5 Å². The Hall–Kier alpha value is -3.39. The van der Waals surface area contributed by atoms with Crippen molar-refractivity contribution in [2.45, 2.75) is 25.9 Å². The molecule has 0 amide bonds. The second-order valence-corrected chi connectivity index (χ2v) is 8.09. The molecule has 3 N–H and O–H groups in total. The fourth-order valence-electron chi connectivity index (χ4n) is 3.80. The van der Waals surface area contributed by atoms with Gasteiger partial charge in [0.1, 0.15) is 11.6 Å². The van der Waals surface area contributed by atoms with Gasteiger partial charge in [0.2, 0.25) is 0 Å². The van der Waals surface area contributed by atoms with Crippen LogP contribution >= 0.6 is 11.6 Å². The van der Waals surface area contributed by atoms with Gasteiger partial charge in [-0.1, -0.05) is 11.6 Å². The molecule has 1 unspecified atom stereocenters. The van der Waals surface area contributed by atoms with Crippen molar-refractivity contribution in [1.29, 1.82) is 0 Å². The van der Waals surface area contributed by atoms with Crippen LogP contribution in [0.4, 0.5) is 11.5 Å². The van der Waals surface area contributed by atoms with Gasteiger partial charge < -0.3 is 20.4 Å². The number of nitrogens with two attached hydrogens (primary N) is 1. The van der Waals surface area contributed by atoms with E-state index in [1.165, 1.54) is 0 Å². The van der Waals surface area contributed by atoms with Gasteiger partial charge in [-0.05, 0) is 24.6 Å². The Morgan fingerprint density at radius 2 is 2.00 bits per heavy atom. The Balaban J connectivity index is 1.16. The van der Waals surface area contributed by atoms with Gasteiger partial charge >= 0.3 is 6.01 Å². The second kappa shape index (κ2) is 8.39. The molecule has 0 saturated carbocycles. The molecule has 1 aromatic carbocycles. The highest BCUT2D eigenvalue weighted by Gasteiger charge is 2.20. The first-order chi connectivity index (χ1) is 15.2. The van der Waals surface area contributed by atoms with Gasteiger partial charge in [0.25, 0.3) is 0 Å². The third kappa shape index (κ3) is 4.25. The average Bonchev–Trinajstić information content (AvgIpc) is 3.27. The predicted octanol–water partition coefficient (Wildman–Crippen LogP) is 3.71. The number of hydrogen-bond donors (Lipinski definition) is 2. The van der Waals surface area contributed by atoms with Crippen molar-refractivity contribution in [3.63, 3.8) is 0 Å². The molecule has 0 spiro atoms. The van der Waals surface area contributed by atoms with Crippen molar-refractivity contribution >= 4 is 33.9 Å². The summed E-state index contributed by atoms with van der Waals surface area (Å²) in [6.45, 7) is 2.16. The lowest BCUT2D eigenvalue weighted by molar-refractivity contribution is 0.205. The molecule has 4 aromatic rings. The van der Waals surface area contributed by atoms with Crippen LogP contribution in [-0.2, 0) is 19.5 Å². The monoisotopic (exact) mass is 435 g/mol. The lowest BCUT2D eigenvalue weighted by Crippen LogP contribution is -2.24. The van der Waals surface area contributed by atoms with Crippen LogP contribution in [0.3, 0.4) is 0 Å². The molecule has 4 heterocycles. The van der Waals surface area contributed by atoms with Gasteiger partial charge in [0.15, 0.2) is 0 Å². The zero-order valence-corrected chi connectivity index (χ0v) is 17.6. The zero-order valence-electron chi connectivity index (χ0n) is 16.8. The number of anilines is 2. The van der Waals surface area contributed by atoms with Gasteiger partial charge in [-0.25, -0.2) is 19.9 Å². The Morgan fingerprint density at radius 1 is 1.13 bits per heavy atom. The summed E-state index contributed by atoms with van der Waals surface area (Å²) in [5.74, 6) is 2.02. The Bertz CT molecular complexity index is 1210. The van der Waals surface area contributed by atoms with Crippen LogP contribution in [0.15, 0.2) is 49.2 Å². The third-order valence-corrected chi connectivity index (χ3v) is 5.85. The molecule has 5 rings (SSSR count). The summed E-state index contributed by atoms with van der Waals surface area (Å²) in [5, 5.41) is 5.63. The topological polar surface area (TPSA) is 104 Å². The van der Waals surface area contributed by atoms with Crippen molar-refractivity contribution in [2.75, 3.05) is 17.7 Å². The number of aryl methyl sites for hydroxylation is 1. The van der Waals surface area contributed by atoms with E-state index in [4.69, 9.17) is 22.1 Å². The molecule has 1 aliphatic rings. The standard InChI is InChI=1S/C22H22ClN7O/c23-19-12-27-21(24)17-2-1-16(8-18(17)19)26-9-15-10-28-22(29-11-15)31-13-14-3-5-30-6-4-25-20(30)7-14/h1-2,4,6,8,10-12,14,26H,3,5,7,9,13H2,(H2,24,27). The van der Waals surface area contributed by atoms with Crippen LogP contribution < -0.4 is 15.8 Å². The highest BCUT2D eigenvalue weighted by Crippen LogP contribution is 2.29. The van der Waals surface area contributed by atoms with E-state index in [-0.39, 0.29) is 0 Å². The van der Waals surface area contributed by atoms with Crippen molar-refractivity contribution in [3.8, 4) is 6.01 Å². The van der Waals surface area contributed by atoms with Crippen LogP contribution in [0, 0.1) is 5.92 Å². The number of rotatable bonds is 6. The summed E-state index contributed by atoms with van der Waals surface area (Å²) >= 11 is 6.26. The van der Waals surface area contributed by atoms with Crippen LogP contribution in [0.1, 0.15) is 17.8 Å². The molecule has 0 aliphatic carbocycles. The van der Waals surface area contributed by atoms with Gasteiger partial charge in [0, 0.05) is 78.4 Å². The molecule has 0 saturated heterocycles. The van der Waals surface area contributed by atoms with E-state index in [1.54, 1.807) is 18.6 Å². The highest BCUT2D eigenvalue weighted by atomic mass is 35.5. The van der Waals surface area contributed by atoms with E-state index in [9.17, 15) is 0 Å². The number of nitrogens with one attached hydrogen (secondary N) is 1. The normalized spacial score (nSPS) is 15.6. The molecule has 0 radical (unpaired) electrons. The molecule has 1 aliphatic heterocycles. The second-order valence-electron chi connectivity index (χ2n) is 7.69. The minimum Gasteiger partial charge on any atom is -0.463 e. The van der Waals surface area contributed by atoms with E-state index in [2.05, 4.69) is 29.8 Å². The van der Waals surface area contributed by atoms with Crippen molar-refractivity contribution in [2.24, 2.45) is 5.92 Å².